The summed E-state index contributed by atoms with van der Waals surface area (Å²) in [6.07, 6.45) is 4.09. The topological polar surface area (TPSA) is 73.8 Å². The lowest BCUT2D eigenvalue weighted by Gasteiger charge is -2.28. The van der Waals surface area contributed by atoms with E-state index in [2.05, 4.69) is 32.9 Å². The molecule has 0 spiro atoms. The molecule has 0 radical (unpaired) electrons. The summed E-state index contributed by atoms with van der Waals surface area (Å²) < 4.78 is 0. The molecule has 1 fully saturated rings. The van der Waals surface area contributed by atoms with Crippen LogP contribution in [-0.2, 0) is 16.0 Å². The molecular weight excluding hydrogens is 304 g/mol. The highest BCUT2D eigenvalue weighted by Gasteiger charge is 2.24. The molecule has 0 saturated carbocycles. The predicted octanol–water partition coefficient (Wildman–Crippen LogP) is 1.08. The van der Waals surface area contributed by atoms with Crippen molar-refractivity contribution in [2.24, 2.45) is 5.10 Å². The van der Waals surface area contributed by atoms with Crippen molar-refractivity contribution in [2.45, 2.75) is 38.1 Å². The summed E-state index contributed by atoms with van der Waals surface area (Å²) in [6, 6.07) is 10.7. The van der Waals surface area contributed by atoms with Crippen molar-refractivity contribution in [3.05, 3.63) is 35.9 Å². The van der Waals surface area contributed by atoms with Gasteiger partial charge in [0.1, 0.15) is 5.71 Å². The Kier molecular flexibility index (Phi) is 5.59. The Morgan fingerprint density at radius 2 is 1.96 bits per heavy atom. The Labute approximate surface area is 142 Å². The van der Waals surface area contributed by atoms with Crippen LogP contribution in [0.4, 0.5) is 0 Å². The predicted molar refractivity (Wildman–Crippen MR) is 92.6 cm³/mol. The number of hydrazone groups is 1. The Balaban J connectivity index is 1.59. The van der Waals surface area contributed by atoms with E-state index in [-0.39, 0.29) is 17.9 Å². The number of likely N-dealkylation sites (tertiary alicyclic amines) is 1. The van der Waals surface area contributed by atoms with Crippen molar-refractivity contribution in [3.63, 3.8) is 0 Å². The lowest BCUT2D eigenvalue weighted by atomic mass is 10.0. The van der Waals surface area contributed by atoms with Gasteiger partial charge in [0, 0.05) is 25.4 Å². The Bertz CT molecular complexity index is 609. The summed E-state index contributed by atoms with van der Waals surface area (Å²) in [5, 5.41) is 6.86. The van der Waals surface area contributed by atoms with Gasteiger partial charge in [-0.3, -0.25) is 14.5 Å². The summed E-state index contributed by atoms with van der Waals surface area (Å²) >= 11 is 0. The van der Waals surface area contributed by atoms with Gasteiger partial charge in [-0.05, 0) is 37.9 Å². The second-order valence-corrected chi connectivity index (χ2v) is 6.39. The third-order valence-corrected chi connectivity index (χ3v) is 4.64. The second kappa shape index (κ2) is 8.06. The summed E-state index contributed by atoms with van der Waals surface area (Å²) in [4.78, 5) is 25.8. The number of hydrogen-bond acceptors (Lipinski definition) is 4. The molecule has 0 bridgehead atoms. The standard InChI is InChI=1S/C18H24N4O2/c23-17-9-8-16(20-21-17)18(24)19-13-15(22-10-4-5-11-22)12-14-6-2-1-3-7-14/h1-3,6-7,15H,4-5,8-13H2,(H,19,24)(H,21,23). The number of hydrogen-bond donors (Lipinski definition) is 2. The SMILES string of the molecule is O=C1CCC(C(=O)NCC(Cc2ccccc2)N2CCCC2)=NN1. The zero-order valence-corrected chi connectivity index (χ0v) is 13.8. The zero-order chi connectivity index (χ0) is 16.8. The van der Waals surface area contributed by atoms with Crippen LogP contribution in [0.3, 0.4) is 0 Å². The molecule has 6 heteroatoms. The monoisotopic (exact) mass is 328 g/mol. The van der Waals surface area contributed by atoms with Crippen LogP contribution in [0, 0.1) is 0 Å². The van der Waals surface area contributed by atoms with E-state index in [1.54, 1.807) is 0 Å². The number of carbonyl (C=O) groups is 2. The molecule has 3 rings (SSSR count). The van der Waals surface area contributed by atoms with Crippen LogP contribution in [0.1, 0.15) is 31.2 Å². The van der Waals surface area contributed by atoms with E-state index in [1.165, 1.54) is 18.4 Å². The van der Waals surface area contributed by atoms with Gasteiger partial charge in [-0.1, -0.05) is 30.3 Å². The van der Waals surface area contributed by atoms with Crippen molar-refractivity contribution in [1.29, 1.82) is 0 Å². The Hall–Kier alpha value is -2.21. The molecular formula is C18H24N4O2. The number of carbonyl (C=O) groups excluding carboxylic acids is 2. The molecule has 6 nitrogen and oxygen atoms in total. The van der Waals surface area contributed by atoms with E-state index in [9.17, 15) is 9.59 Å². The molecule has 2 amide bonds. The van der Waals surface area contributed by atoms with E-state index >= 15 is 0 Å². The van der Waals surface area contributed by atoms with E-state index in [0.717, 1.165) is 19.5 Å². The fourth-order valence-electron chi connectivity index (χ4n) is 3.27. The van der Waals surface area contributed by atoms with Gasteiger partial charge in [-0.2, -0.15) is 5.10 Å². The first kappa shape index (κ1) is 16.6. The van der Waals surface area contributed by atoms with Crippen molar-refractivity contribution in [2.75, 3.05) is 19.6 Å². The average Bonchev–Trinajstić information content (AvgIpc) is 3.14. The smallest absolute Gasteiger partial charge is 0.267 e. The molecule has 2 aliphatic rings. The molecule has 1 aromatic rings. The lowest BCUT2D eigenvalue weighted by Crippen LogP contribution is -2.46. The minimum absolute atomic E-state index is 0.134. The molecule has 2 aliphatic heterocycles. The van der Waals surface area contributed by atoms with Crippen LogP contribution in [0.25, 0.3) is 0 Å². The van der Waals surface area contributed by atoms with Gasteiger partial charge in [0.25, 0.3) is 5.91 Å². The molecule has 1 saturated heterocycles. The maximum atomic E-state index is 12.3. The number of rotatable bonds is 6. The summed E-state index contributed by atoms with van der Waals surface area (Å²) in [6.45, 7) is 2.77. The minimum Gasteiger partial charge on any atom is -0.349 e. The third-order valence-electron chi connectivity index (χ3n) is 4.64. The van der Waals surface area contributed by atoms with Crippen LogP contribution in [0.15, 0.2) is 35.4 Å². The molecule has 0 aromatic heterocycles. The molecule has 1 aromatic carbocycles. The summed E-state index contributed by atoms with van der Waals surface area (Å²) in [7, 11) is 0. The molecule has 128 valence electrons. The second-order valence-electron chi connectivity index (χ2n) is 6.39. The maximum absolute atomic E-state index is 12.3. The van der Waals surface area contributed by atoms with Crippen LogP contribution in [-0.4, -0.2) is 48.1 Å². The van der Waals surface area contributed by atoms with Crippen molar-refractivity contribution < 1.29 is 9.59 Å². The van der Waals surface area contributed by atoms with E-state index in [1.807, 2.05) is 18.2 Å². The molecule has 0 aliphatic carbocycles. The third kappa shape index (κ3) is 4.41. The van der Waals surface area contributed by atoms with Crippen molar-refractivity contribution in [1.82, 2.24) is 15.6 Å². The zero-order valence-electron chi connectivity index (χ0n) is 13.8. The van der Waals surface area contributed by atoms with E-state index in [4.69, 9.17) is 0 Å². The van der Waals surface area contributed by atoms with Gasteiger partial charge in [0.15, 0.2) is 0 Å². The number of amides is 2. The fourth-order valence-corrected chi connectivity index (χ4v) is 3.27. The first-order valence-corrected chi connectivity index (χ1v) is 8.64. The van der Waals surface area contributed by atoms with Crippen LogP contribution in [0.2, 0.25) is 0 Å². The van der Waals surface area contributed by atoms with Gasteiger partial charge in [-0.15, -0.1) is 0 Å². The average molecular weight is 328 g/mol. The van der Waals surface area contributed by atoms with Crippen LogP contribution in [0.5, 0.6) is 0 Å². The van der Waals surface area contributed by atoms with Gasteiger partial charge in [0.05, 0.1) is 0 Å². The summed E-state index contributed by atoms with van der Waals surface area (Å²) in [5.41, 5.74) is 4.07. The number of nitrogens with zero attached hydrogens (tertiary/aromatic N) is 2. The van der Waals surface area contributed by atoms with Crippen LogP contribution >= 0.6 is 0 Å². The van der Waals surface area contributed by atoms with Gasteiger partial charge in [-0.25, -0.2) is 5.43 Å². The highest BCUT2D eigenvalue weighted by Crippen LogP contribution is 2.15. The van der Waals surface area contributed by atoms with E-state index < -0.39 is 0 Å². The molecule has 2 N–H and O–H groups in total. The molecule has 1 atom stereocenters. The molecule has 24 heavy (non-hydrogen) atoms. The quantitative estimate of drug-likeness (QED) is 0.820. The maximum Gasteiger partial charge on any atom is 0.267 e. The highest BCUT2D eigenvalue weighted by atomic mass is 16.2. The summed E-state index contributed by atoms with van der Waals surface area (Å²) in [5.74, 6) is -0.308. The van der Waals surface area contributed by atoms with E-state index in [0.29, 0.717) is 25.1 Å². The van der Waals surface area contributed by atoms with Crippen molar-refractivity contribution >= 4 is 17.5 Å². The van der Waals surface area contributed by atoms with Crippen LogP contribution < -0.4 is 10.7 Å². The van der Waals surface area contributed by atoms with Gasteiger partial charge >= 0.3 is 0 Å². The largest absolute Gasteiger partial charge is 0.349 e. The van der Waals surface area contributed by atoms with Crippen molar-refractivity contribution in [3.8, 4) is 0 Å². The Morgan fingerprint density at radius 3 is 2.62 bits per heavy atom. The molecule has 2 heterocycles. The van der Waals surface area contributed by atoms with Gasteiger partial charge < -0.3 is 5.32 Å². The normalized spacial score (nSPS) is 19.5. The lowest BCUT2D eigenvalue weighted by molar-refractivity contribution is -0.121. The first-order chi connectivity index (χ1) is 11.7. The number of nitrogens with one attached hydrogen (secondary N) is 2. The minimum atomic E-state index is -0.174. The fraction of sp³-hybridized carbons (Fsp3) is 0.500. The highest BCUT2D eigenvalue weighted by molar-refractivity contribution is 6.39. The first-order valence-electron chi connectivity index (χ1n) is 8.64. The Morgan fingerprint density at radius 1 is 1.21 bits per heavy atom. The molecule has 1 unspecified atom stereocenters. The number of benzene rings is 1. The van der Waals surface area contributed by atoms with Gasteiger partial charge in [0.2, 0.25) is 5.91 Å².